The highest BCUT2D eigenvalue weighted by Gasteiger charge is 2.22. The predicted molar refractivity (Wildman–Crippen MR) is 83.4 cm³/mol. The van der Waals surface area contributed by atoms with Crippen LogP contribution in [0.4, 0.5) is 0 Å². The molecule has 3 rings (SSSR count). The first-order chi connectivity index (χ1) is 9.34. The number of fused-ring (bicyclic) bond motifs is 1. The smallest absolute Gasteiger partial charge is 0.0326 e. The fourth-order valence-electron chi connectivity index (χ4n) is 2.86. The van der Waals surface area contributed by atoms with E-state index >= 15 is 0 Å². The minimum absolute atomic E-state index is 0.524. The van der Waals surface area contributed by atoms with E-state index in [1.165, 1.54) is 34.0 Å². The van der Waals surface area contributed by atoms with Gasteiger partial charge in [0.05, 0.1) is 0 Å². The van der Waals surface area contributed by atoms with Gasteiger partial charge in [0, 0.05) is 10.5 Å². The Morgan fingerprint density at radius 2 is 1.89 bits per heavy atom. The fourth-order valence-corrected chi connectivity index (χ4v) is 3.44. The van der Waals surface area contributed by atoms with Gasteiger partial charge in [0.15, 0.2) is 0 Å². The van der Waals surface area contributed by atoms with Crippen molar-refractivity contribution in [3.05, 3.63) is 69.7 Å². The molecule has 2 aromatic rings. The summed E-state index contributed by atoms with van der Waals surface area (Å²) in [5.74, 6) is 0. The van der Waals surface area contributed by atoms with Gasteiger partial charge >= 0.3 is 0 Å². The quantitative estimate of drug-likeness (QED) is 0.888. The molecular formula is C17H18BrN. The predicted octanol–water partition coefficient (Wildman–Crippen LogP) is 4.27. The van der Waals surface area contributed by atoms with Crippen LogP contribution in [0.15, 0.2) is 53.0 Å². The Labute approximate surface area is 123 Å². The van der Waals surface area contributed by atoms with Gasteiger partial charge in [-0.25, -0.2) is 0 Å². The zero-order valence-corrected chi connectivity index (χ0v) is 12.5. The van der Waals surface area contributed by atoms with Crippen molar-refractivity contribution in [3.8, 4) is 0 Å². The van der Waals surface area contributed by atoms with Gasteiger partial charge in [-0.1, -0.05) is 58.4 Å². The fraction of sp³-hybridized carbons (Fsp3) is 0.294. The molecule has 19 heavy (non-hydrogen) atoms. The molecule has 2 aromatic carbocycles. The van der Waals surface area contributed by atoms with Crippen LogP contribution in [0.1, 0.15) is 29.2 Å². The molecule has 0 saturated carbocycles. The third kappa shape index (κ3) is 2.90. The summed E-state index contributed by atoms with van der Waals surface area (Å²) in [6, 6.07) is 17.7. The Hall–Kier alpha value is -1.12. The summed E-state index contributed by atoms with van der Waals surface area (Å²) in [5, 5.41) is 3.69. The molecule has 1 aliphatic carbocycles. The molecular weight excluding hydrogens is 298 g/mol. The number of halogens is 1. The van der Waals surface area contributed by atoms with Gasteiger partial charge in [0.25, 0.3) is 0 Å². The molecule has 1 atom stereocenters. The first-order valence-corrected chi connectivity index (χ1v) is 7.68. The van der Waals surface area contributed by atoms with E-state index in [4.69, 9.17) is 0 Å². The van der Waals surface area contributed by atoms with Crippen molar-refractivity contribution in [1.29, 1.82) is 0 Å². The zero-order chi connectivity index (χ0) is 13.1. The van der Waals surface area contributed by atoms with Crippen LogP contribution in [0.25, 0.3) is 0 Å². The standard InChI is InChI=1S/C17H18BrN/c18-16-8-4-7-15-14(16)9-10-17(15)19-12-11-13-5-2-1-3-6-13/h1-8,17,19H,9-12H2. The van der Waals surface area contributed by atoms with Crippen LogP contribution >= 0.6 is 15.9 Å². The van der Waals surface area contributed by atoms with Crippen LogP contribution in [0.3, 0.4) is 0 Å². The molecule has 0 heterocycles. The molecule has 0 radical (unpaired) electrons. The minimum atomic E-state index is 0.524. The number of hydrogen-bond donors (Lipinski definition) is 1. The van der Waals surface area contributed by atoms with Gasteiger partial charge < -0.3 is 5.32 Å². The highest BCUT2D eigenvalue weighted by Crippen LogP contribution is 2.35. The zero-order valence-electron chi connectivity index (χ0n) is 10.9. The van der Waals surface area contributed by atoms with Gasteiger partial charge in [0.1, 0.15) is 0 Å². The van der Waals surface area contributed by atoms with E-state index in [0.29, 0.717) is 6.04 Å². The molecule has 0 aliphatic heterocycles. The van der Waals surface area contributed by atoms with E-state index < -0.39 is 0 Å². The Morgan fingerprint density at radius 1 is 1.05 bits per heavy atom. The Kier molecular flexibility index (Phi) is 4.00. The molecule has 1 nitrogen and oxygen atoms in total. The second kappa shape index (κ2) is 5.89. The lowest BCUT2D eigenvalue weighted by Gasteiger charge is -2.14. The van der Waals surface area contributed by atoms with Gasteiger partial charge in [-0.3, -0.25) is 0 Å². The maximum absolute atomic E-state index is 3.69. The average Bonchev–Trinajstić information content (AvgIpc) is 2.85. The van der Waals surface area contributed by atoms with Crippen molar-refractivity contribution in [2.75, 3.05) is 6.54 Å². The Bertz CT molecular complexity index is 550. The highest BCUT2D eigenvalue weighted by molar-refractivity contribution is 9.10. The van der Waals surface area contributed by atoms with Crippen molar-refractivity contribution in [2.45, 2.75) is 25.3 Å². The molecule has 0 fully saturated rings. The first kappa shape index (κ1) is 12.9. The highest BCUT2D eigenvalue weighted by atomic mass is 79.9. The van der Waals surface area contributed by atoms with Crippen molar-refractivity contribution < 1.29 is 0 Å². The monoisotopic (exact) mass is 315 g/mol. The van der Waals surface area contributed by atoms with E-state index in [1.807, 2.05) is 0 Å². The Balaban J connectivity index is 1.60. The van der Waals surface area contributed by atoms with E-state index in [1.54, 1.807) is 0 Å². The molecule has 0 amide bonds. The average molecular weight is 316 g/mol. The van der Waals surface area contributed by atoms with Gasteiger partial charge in [0.2, 0.25) is 0 Å². The molecule has 0 spiro atoms. The molecule has 1 N–H and O–H groups in total. The topological polar surface area (TPSA) is 12.0 Å². The van der Waals surface area contributed by atoms with E-state index in [0.717, 1.165) is 13.0 Å². The first-order valence-electron chi connectivity index (χ1n) is 6.89. The summed E-state index contributed by atoms with van der Waals surface area (Å²) in [7, 11) is 0. The summed E-state index contributed by atoms with van der Waals surface area (Å²) >= 11 is 3.65. The maximum Gasteiger partial charge on any atom is 0.0326 e. The lowest BCUT2D eigenvalue weighted by Crippen LogP contribution is -2.21. The second-order valence-electron chi connectivity index (χ2n) is 5.09. The third-order valence-electron chi connectivity index (χ3n) is 3.86. The normalized spacial score (nSPS) is 17.4. The number of hydrogen-bond acceptors (Lipinski definition) is 1. The van der Waals surface area contributed by atoms with Gasteiger partial charge in [-0.2, -0.15) is 0 Å². The Morgan fingerprint density at radius 3 is 2.74 bits per heavy atom. The molecule has 0 aromatic heterocycles. The molecule has 0 saturated heterocycles. The summed E-state index contributed by atoms with van der Waals surface area (Å²) in [6.45, 7) is 1.04. The van der Waals surface area contributed by atoms with Crippen LogP contribution in [0.5, 0.6) is 0 Å². The number of benzene rings is 2. The summed E-state index contributed by atoms with van der Waals surface area (Å²) in [6.07, 6.45) is 3.49. The molecule has 1 unspecified atom stereocenters. The molecule has 1 aliphatic rings. The van der Waals surface area contributed by atoms with Crippen LogP contribution in [-0.4, -0.2) is 6.54 Å². The van der Waals surface area contributed by atoms with Crippen LogP contribution in [-0.2, 0) is 12.8 Å². The van der Waals surface area contributed by atoms with Crippen molar-refractivity contribution in [1.82, 2.24) is 5.32 Å². The SMILES string of the molecule is Brc1cccc2c1CCC2NCCc1ccccc1. The summed E-state index contributed by atoms with van der Waals surface area (Å²) < 4.78 is 1.26. The number of rotatable bonds is 4. The number of nitrogens with one attached hydrogen (secondary N) is 1. The maximum atomic E-state index is 3.69. The summed E-state index contributed by atoms with van der Waals surface area (Å²) in [5.41, 5.74) is 4.37. The van der Waals surface area contributed by atoms with Crippen LogP contribution in [0.2, 0.25) is 0 Å². The van der Waals surface area contributed by atoms with Gasteiger partial charge in [-0.05, 0) is 48.6 Å². The van der Waals surface area contributed by atoms with Crippen molar-refractivity contribution in [3.63, 3.8) is 0 Å². The molecule has 98 valence electrons. The van der Waals surface area contributed by atoms with E-state index in [2.05, 4.69) is 69.8 Å². The van der Waals surface area contributed by atoms with Gasteiger partial charge in [-0.15, -0.1) is 0 Å². The lowest BCUT2D eigenvalue weighted by molar-refractivity contribution is 0.533. The molecule has 0 bridgehead atoms. The van der Waals surface area contributed by atoms with Crippen LogP contribution in [0, 0.1) is 0 Å². The largest absolute Gasteiger partial charge is 0.310 e. The van der Waals surface area contributed by atoms with E-state index in [9.17, 15) is 0 Å². The third-order valence-corrected chi connectivity index (χ3v) is 4.60. The lowest BCUT2D eigenvalue weighted by atomic mass is 10.1. The van der Waals surface area contributed by atoms with E-state index in [-0.39, 0.29) is 0 Å². The second-order valence-corrected chi connectivity index (χ2v) is 5.94. The minimum Gasteiger partial charge on any atom is -0.310 e. The van der Waals surface area contributed by atoms with Crippen LogP contribution < -0.4 is 5.32 Å². The summed E-state index contributed by atoms with van der Waals surface area (Å²) in [4.78, 5) is 0. The van der Waals surface area contributed by atoms with Crippen molar-refractivity contribution >= 4 is 15.9 Å². The van der Waals surface area contributed by atoms with Crippen molar-refractivity contribution in [2.24, 2.45) is 0 Å². The molecule has 2 heteroatoms.